The van der Waals surface area contributed by atoms with Crippen LogP contribution in [0.1, 0.15) is 22.9 Å². The number of hydrogen-bond donors (Lipinski definition) is 1. The van der Waals surface area contributed by atoms with Gasteiger partial charge in [0.05, 0.1) is 6.04 Å². The van der Waals surface area contributed by atoms with Crippen LogP contribution in [0.4, 0.5) is 0 Å². The first-order valence-electron chi connectivity index (χ1n) is 7.08. The lowest BCUT2D eigenvalue weighted by Crippen LogP contribution is -2.18. The monoisotopic (exact) mass is 299 g/mol. The summed E-state index contributed by atoms with van der Waals surface area (Å²) in [6.45, 7) is 2.14. The molecule has 0 spiro atoms. The Bertz CT molecular complexity index is 763. The number of fused-ring (bicyclic) bond motifs is 1. The van der Waals surface area contributed by atoms with Crippen molar-refractivity contribution < 1.29 is 4.42 Å². The van der Waals surface area contributed by atoms with Crippen molar-refractivity contribution in [3.8, 4) is 0 Å². The van der Waals surface area contributed by atoms with Crippen molar-refractivity contribution in [3.05, 3.63) is 70.4 Å². The molecule has 108 valence electrons. The molecule has 0 aliphatic heterocycles. The van der Waals surface area contributed by atoms with Gasteiger partial charge in [0.25, 0.3) is 0 Å². The first kappa shape index (κ1) is 14.2. The molecule has 1 heterocycles. The maximum Gasteiger partial charge on any atom is 0.134 e. The van der Waals surface area contributed by atoms with Crippen LogP contribution >= 0.6 is 11.6 Å². The van der Waals surface area contributed by atoms with Gasteiger partial charge < -0.3 is 9.73 Å². The number of benzene rings is 2. The second-order valence-corrected chi connectivity index (χ2v) is 5.74. The van der Waals surface area contributed by atoms with E-state index >= 15 is 0 Å². The number of likely N-dealkylation sites (N-methyl/N-ethyl adjacent to an activating group) is 1. The zero-order chi connectivity index (χ0) is 14.8. The lowest BCUT2D eigenvalue weighted by Gasteiger charge is -2.15. The van der Waals surface area contributed by atoms with Gasteiger partial charge in [0.15, 0.2) is 0 Å². The van der Waals surface area contributed by atoms with Gasteiger partial charge >= 0.3 is 0 Å². The fourth-order valence-corrected chi connectivity index (χ4v) is 2.79. The molecular weight excluding hydrogens is 282 g/mol. The predicted molar refractivity (Wildman–Crippen MR) is 87.9 cm³/mol. The third-order valence-electron chi connectivity index (χ3n) is 3.87. The van der Waals surface area contributed by atoms with Crippen molar-refractivity contribution in [3.63, 3.8) is 0 Å². The Morgan fingerprint density at radius 2 is 1.95 bits per heavy atom. The Kier molecular flexibility index (Phi) is 4.00. The Balaban J connectivity index is 1.93. The van der Waals surface area contributed by atoms with E-state index in [0.29, 0.717) is 0 Å². The van der Waals surface area contributed by atoms with Crippen LogP contribution < -0.4 is 5.32 Å². The number of nitrogens with one attached hydrogen (secondary N) is 1. The van der Waals surface area contributed by atoms with Gasteiger partial charge in [-0.05, 0) is 55.8 Å². The summed E-state index contributed by atoms with van der Waals surface area (Å²) < 4.78 is 5.97. The van der Waals surface area contributed by atoms with Crippen LogP contribution in [0.5, 0.6) is 0 Å². The number of aryl methyl sites for hydroxylation is 1. The molecule has 0 aliphatic carbocycles. The molecule has 21 heavy (non-hydrogen) atoms. The number of hydrogen-bond acceptors (Lipinski definition) is 2. The van der Waals surface area contributed by atoms with Gasteiger partial charge in [-0.2, -0.15) is 0 Å². The van der Waals surface area contributed by atoms with Gasteiger partial charge in [-0.15, -0.1) is 0 Å². The minimum atomic E-state index is 0.150. The van der Waals surface area contributed by atoms with Crippen molar-refractivity contribution >= 4 is 22.6 Å². The Hall–Kier alpha value is -1.77. The van der Waals surface area contributed by atoms with Gasteiger partial charge in [0, 0.05) is 10.4 Å². The van der Waals surface area contributed by atoms with E-state index in [1.165, 1.54) is 11.1 Å². The number of halogens is 1. The van der Waals surface area contributed by atoms with Crippen LogP contribution in [0.15, 0.2) is 52.9 Å². The van der Waals surface area contributed by atoms with E-state index < -0.39 is 0 Å². The van der Waals surface area contributed by atoms with Crippen molar-refractivity contribution in [1.82, 2.24) is 5.32 Å². The standard InChI is InChI=1S/C18H18ClNO/c1-12-5-3-4-6-13(12)10-16(20-2)18-11-14-9-15(19)7-8-17(14)21-18/h3-9,11,16,20H,10H2,1-2H3. The Morgan fingerprint density at radius 1 is 1.14 bits per heavy atom. The molecule has 0 saturated heterocycles. The van der Waals surface area contributed by atoms with Crippen LogP contribution in [0.3, 0.4) is 0 Å². The summed E-state index contributed by atoms with van der Waals surface area (Å²) in [6.07, 6.45) is 0.900. The van der Waals surface area contributed by atoms with Crippen LogP contribution in [-0.4, -0.2) is 7.05 Å². The van der Waals surface area contributed by atoms with E-state index in [0.717, 1.165) is 28.2 Å². The topological polar surface area (TPSA) is 25.2 Å². The average Bonchev–Trinajstić information content (AvgIpc) is 2.89. The summed E-state index contributed by atoms with van der Waals surface area (Å²) in [5.74, 6) is 0.943. The fourth-order valence-electron chi connectivity index (χ4n) is 2.61. The third-order valence-corrected chi connectivity index (χ3v) is 4.11. The largest absolute Gasteiger partial charge is 0.459 e. The first-order chi connectivity index (χ1) is 10.2. The second-order valence-electron chi connectivity index (χ2n) is 5.30. The summed E-state index contributed by atoms with van der Waals surface area (Å²) in [6, 6.07) is 16.4. The summed E-state index contributed by atoms with van der Waals surface area (Å²) in [7, 11) is 1.96. The SMILES string of the molecule is CNC(Cc1ccccc1C)c1cc2cc(Cl)ccc2o1. The molecule has 3 rings (SSSR count). The van der Waals surface area contributed by atoms with Gasteiger partial charge in [0.2, 0.25) is 0 Å². The van der Waals surface area contributed by atoms with Gasteiger partial charge in [0.1, 0.15) is 11.3 Å². The van der Waals surface area contributed by atoms with E-state index in [4.69, 9.17) is 16.0 Å². The highest BCUT2D eigenvalue weighted by atomic mass is 35.5. The minimum absolute atomic E-state index is 0.150. The summed E-state index contributed by atoms with van der Waals surface area (Å²) in [5, 5.41) is 5.12. The molecule has 1 atom stereocenters. The molecular formula is C18H18ClNO. The molecule has 0 radical (unpaired) electrons. The molecule has 1 aromatic heterocycles. The van der Waals surface area contributed by atoms with Crippen molar-refractivity contribution in [2.45, 2.75) is 19.4 Å². The molecule has 0 bridgehead atoms. The van der Waals surface area contributed by atoms with Gasteiger partial charge in [-0.3, -0.25) is 0 Å². The van der Waals surface area contributed by atoms with Gasteiger partial charge in [-0.25, -0.2) is 0 Å². The minimum Gasteiger partial charge on any atom is -0.459 e. The number of rotatable bonds is 4. The van der Waals surface area contributed by atoms with Gasteiger partial charge in [-0.1, -0.05) is 35.9 Å². The highest BCUT2D eigenvalue weighted by Gasteiger charge is 2.16. The van der Waals surface area contributed by atoms with E-state index in [-0.39, 0.29) is 6.04 Å². The van der Waals surface area contributed by atoms with E-state index in [1.54, 1.807) is 0 Å². The van der Waals surface area contributed by atoms with Crippen molar-refractivity contribution in [1.29, 1.82) is 0 Å². The molecule has 3 aromatic rings. The molecule has 1 unspecified atom stereocenters. The second kappa shape index (κ2) is 5.92. The van der Waals surface area contributed by atoms with Crippen LogP contribution in [-0.2, 0) is 6.42 Å². The molecule has 0 saturated carbocycles. The molecule has 2 nitrogen and oxygen atoms in total. The summed E-state index contributed by atoms with van der Waals surface area (Å²) in [4.78, 5) is 0. The third kappa shape index (κ3) is 2.97. The molecule has 0 aliphatic rings. The zero-order valence-electron chi connectivity index (χ0n) is 12.2. The predicted octanol–water partition coefficient (Wildman–Crippen LogP) is 4.90. The highest BCUT2D eigenvalue weighted by Crippen LogP contribution is 2.28. The Morgan fingerprint density at radius 3 is 2.71 bits per heavy atom. The lowest BCUT2D eigenvalue weighted by molar-refractivity contribution is 0.450. The van der Waals surface area contributed by atoms with Crippen LogP contribution in [0.2, 0.25) is 5.02 Å². The van der Waals surface area contributed by atoms with Crippen molar-refractivity contribution in [2.24, 2.45) is 0 Å². The smallest absolute Gasteiger partial charge is 0.134 e. The summed E-state index contributed by atoms with van der Waals surface area (Å²) >= 11 is 6.03. The average molecular weight is 300 g/mol. The molecule has 2 aromatic carbocycles. The lowest BCUT2D eigenvalue weighted by atomic mass is 10.00. The normalized spacial score (nSPS) is 12.7. The number of furan rings is 1. The zero-order valence-corrected chi connectivity index (χ0v) is 12.9. The molecule has 0 amide bonds. The van der Waals surface area contributed by atoms with E-state index in [9.17, 15) is 0 Å². The summed E-state index contributed by atoms with van der Waals surface area (Å²) in [5.41, 5.74) is 3.51. The van der Waals surface area contributed by atoms with Crippen molar-refractivity contribution in [2.75, 3.05) is 7.05 Å². The maximum absolute atomic E-state index is 6.03. The maximum atomic E-state index is 6.03. The first-order valence-corrected chi connectivity index (χ1v) is 7.46. The quantitative estimate of drug-likeness (QED) is 0.741. The van der Waals surface area contributed by atoms with E-state index in [2.05, 4.69) is 42.6 Å². The highest BCUT2D eigenvalue weighted by molar-refractivity contribution is 6.31. The molecule has 0 fully saturated rings. The van der Waals surface area contributed by atoms with E-state index in [1.807, 2.05) is 25.2 Å². The van der Waals surface area contributed by atoms with Crippen LogP contribution in [0, 0.1) is 6.92 Å². The molecule has 1 N–H and O–H groups in total. The Labute approximate surface area is 129 Å². The fraction of sp³-hybridized carbons (Fsp3) is 0.222. The van der Waals surface area contributed by atoms with Crippen LogP contribution in [0.25, 0.3) is 11.0 Å². The molecule has 3 heteroatoms.